The maximum Gasteiger partial charge on any atom is 0.210 e. The molecule has 0 spiro atoms. The van der Waals surface area contributed by atoms with E-state index in [0.29, 0.717) is 19.3 Å². The number of Topliss-reactive ketones (excluding diaryl/α,β-unsaturated/α-hetero) is 3. The molecule has 0 aliphatic carbocycles. The Morgan fingerprint density at radius 2 is 0.769 bits per heavy atom. The van der Waals surface area contributed by atoms with Gasteiger partial charge in [-0.1, -0.05) is 136 Å². The molecule has 6 heteroatoms. The van der Waals surface area contributed by atoms with Gasteiger partial charge in [0.05, 0.1) is 0 Å². The number of aliphatic hydroxyl groups excluding tert-OH is 2. The zero-order valence-corrected chi connectivity index (χ0v) is 25.7. The Kier molecular flexibility index (Phi) is 24.0. The van der Waals surface area contributed by atoms with Crippen LogP contribution < -0.4 is 0 Å². The van der Waals surface area contributed by atoms with Crippen molar-refractivity contribution in [2.45, 2.75) is 193 Å². The Balaban J connectivity index is 4.93. The van der Waals surface area contributed by atoms with Crippen molar-refractivity contribution in [3.8, 4) is 0 Å². The van der Waals surface area contributed by atoms with Gasteiger partial charge in [0.2, 0.25) is 5.60 Å². The number of aliphatic hydroxyl groups is 3. The summed E-state index contributed by atoms with van der Waals surface area (Å²) in [6, 6.07) is 0. The lowest BCUT2D eigenvalue weighted by molar-refractivity contribution is -0.174. The van der Waals surface area contributed by atoms with Crippen molar-refractivity contribution >= 4 is 17.3 Å². The zero-order chi connectivity index (χ0) is 29.4. The van der Waals surface area contributed by atoms with Gasteiger partial charge < -0.3 is 15.3 Å². The summed E-state index contributed by atoms with van der Waals surface area (Å²) in [5, 5.41) is 32.6. The predicted octanol–water partition coefficient (Wildman–Crippen LogP) is 7.57. The summed E-state index contributed by atoms with van der Waals surface area (Å²) in [7, 11) is 0. The number of ketones is 3. The first-order chi connectivity index (χ1) is 18.8. The standard InChI is InChI=1S/C33H62O6/c1-4-7-10-12-14-16-18-20-23-26-29(35)33(39,32(38)31(37)28(34)25-22-9-6-3)30(36)27-24-21-19-17-15-13-11-8-5-2/h31-32,37-39H,4-27H2,1-3H3. The molecule has 0 heterocycles. The van der Waals surface area contributed by atoms with Crippen molar-refractivity contribution in [1.29, 1.82) is 0 Å². The second-order valence-corrected chi connectivity index (χ2v) is 11.6. The molecule has 2 atom stereocenters. The maximum absolute atomic E-state index is 13.1. The first-order valence-electron chi connectivity index (χ1n) is 16.4. The maximum atomic E-state index is 13.1. The van der Waals surface area contributed by atoms with Crippen molar-refractivity contribution in [3.05, 3.63) is 0 Å². The zero-order valence-electron chi connectivity index (χ0n) is 25.7. The van der Waals surface area contributed by atoms with Crippen LogP contribution in [0.2, 0.25) is 0 Å². The molecular formula is C33H62O6. The first kappa shape index (κ1) is 37.9. The Bertz CT molecular complexity index is 598. The number of unbranched alkanes of at least 4 members (excludes halogenated alkanes) is 18. The lowest BCUT2D eigenvalue weighted by atomic mass is 9.79. The van der Waals surface area contributed by atoms with E-state index in [0.717, 1.165) is 51.4 Å². The van der Waals surface area contributed by atoms with Gasteiger partial charge in [-0.3, -0.25) is 14.4 Å². The number of carbonyl (C=O) groups excluding carboxylic acids is 3. The van der Waals surface area contributed by atoms with Crippen molar-refractivity contribution in [1.82, 2.24) is 0 Å². The minimum absolute atomic E-state index is 0.0427. The first-order valence-corrected chi connectivity index (χ1v) is 16.4. The molecule has 0 saturated heterocycles. The molecule has 39 heavy (non-hydrogen) atoms. The van der Waals surface area contributed by atoms with E-state index in [2.05, 4.69) is 13.8 Å². The highest BCUT2D eigenvalue weighted by Crippen LogP contribution is 2.25. The minimum atomic E-state index is -2.74. The van der Waals surface area contributed by atoms with Crippen LogP contribution in [0.3, 0.4) is 0 Å². The molecule has 0 aromatic rings. The van der Waals surface area contributed by atoms with Crippen molar-refractivity contribution in [2.24, 2.45) is 0 Å². The van der Waals surface area contributed by atoms with Crippen LogP contribution >= 0.6 is 0 Å². The molecule has 0 aromatic carbocycles. The quantitative estimate of drug-likeness (QED) is 0.0649. The van der Waals surface area contributed by atoms with Crippen LogP contribution in [0.4, 0.5) is 0 Å². The number of rotatable bonds is 29. The number of hydrogen-bond acceptors (Lipinski definition) is 6. The van der Waals surface area contributed by atoms with Gasteiger partial charge in [-0.2, -0.15) is 0 Å². The second-order valence-electron chi connectivity index (χ2n) is 11.6. The number of carbonyl (C=O) groups is 3. The lowest BCUT2D eigenvalue weighted by Crippen LogP contribution is -2.61. The molecule has 0 amide bonds. The summed E-state index contributed by atoms with van der Waals surface area (Å²) >= 11 is 0. The normalized spacial score (nSPS) is 13.4. The largest absolute Gasteiger partial charge is 0.386 e. The molecule has 0 saturated carbocycles. The topological polar surface area (TPSA) is 112 Å². The summed E-state index contributed by atoms with van der Waals surface area (Å²) < 4.78 is 0. The third-order valence-corrected chi connectivity index (χ3v) is 7.95. The van der Waals surface area contributed by atoms with E-state index in [-0.39, 0.29) is 19.3 Å². The van der Waals surface area contributed by atoms with E-state index in [9.17, 15) is 29.7 Å². The van der Waals surface area contributed by atoms with Crippen LogP contribution in [-0.2, 0) is 14.4 Å². The SMILES string of the molecule is CCCCCCCCCCCC(=O)C(O)(C(=O)CCCCCCCCCCC)C(O)C(O)C(=O)CCCCC. The highest BCUT2D eigenvalue weighted by Gasteiger charge is 2.52. The summed E-state index contributed by atoms with van der Waals surface area (Å²) in [6.45, 7) is 6.38. The fourth-order valence-electron chi connectivity index (χ4n) is 5.16. The third kappa shape index (κ3) is 16.7. The van der Waals surface area contributed by atoms with E-state index >= 15 is 0 Å². The Labute approximate surface area is 239 Å². The van der Waals surface area contributed by atoms with Gasteiger partial charge in [0.25, 0.3) is 0 Å². The summed E-state index contributed by atoms with van der Waals surface area (Å²) in [5.41, 5.74) is -2.74. The lowest BCUT2D eigenvalue weighted by Gasteiger charge is -2.32. The van der Waals surface area contributed by atoms with Gasteiger partial charge in [-0.15, -0.1) is 0 Å². The van der Waals surface area contributed by atoms with Crippen LogP contribution in [0.5, 0.6) is 0 Å². The van der Waals surface area contributed by atoms with Crippen molar-refractivity contribution < 1.29 is 29.7 Å². The van der Waals surface area contributed by atoms with Gasteiger partial charge in [0.1, 0.15) is 12.2 Å². The van der Waals surface area contributed by atoms with Crippen LogP contribution in [0.15, 0.2) is 0 Å². The molecule has 0 aromatic heterocycles. The molecule has 230 valence electrons. The van der Waals surface area contributed by atoms with E-state index in [1.54, 1.807) is 0 Å². The smallest absolute Gasteiger partial charge is 0.210 e. The van der Waals surface area contributed by atoms with E-state index < -0.39 is 35.2 Å². The van der Waals surface area contributed by atoms with Crippen LogP contribution in [0.1, 0.15) is 175 Å². The number of hydrogen-bond donors (Lipinski definition) is 3. The van der Waals surface area contributed by atoms with Crippen LogP contribution in [-0.4, -0.2) is 50.5 Å². The predicted molar refractivity (Wildman–Crippen MR) is 160 cm³/mol. The highest BCUT2D eigenvalue weighted by molar-refractivity contribution is 6.11. The summed E-state index contributed by atoms with van der Waals surface area (Å²) in [5.74, 6) is -2.19. The average molecular weight is 555 g/mol. The monoisotopic (exact) mass is 554 g/mol. The average Bonchev–Trinajstić information content (AvgIpc) is 2.93. The van der Waals surface area contributed by atoms with Gasteiger partial charge in [-0.05, 0) is 19.3 Å². The van der Waals surface area contributed by atoms with E-state index in [4.69, 9.17) is 0 Å². The van der Waals surface area contributed by atoms with Gasteiger partial charge in [-0.25, -0.2) is 0 Å². The molecule has 0 fully saturated rings. The highest BCUT2D eigenvalue weighted by atomic mass is 16.4. The van der Waals surface area contributed by atoms with Gasteiger partial charge >= 0.3 is 0 Å². The fraction of sp³-hybridized carbons (Fsp3) is 0.909. The Morgan fingerprint density at radius 1 is 0.487 bits per heavy atom. The molecule has 0 rings (SSSR count). The molecule has 3 N–H and O–H groups in total. The Morgan fingerprint density at radius 3 is 1.13 bits per heavy atom. The van der Waals surface area contributed by atoms with Gasteiger partial charge in [0.15, 0.2) is 17.3 Å². The van der Waals surface area contributed by atoms with Crippen LogP contribution in [0, 0.1) is 0 Å². The molecule has 6 nitrogen and oxygen atoms in total. The van der Waals surface area contributed by atoms with Crippen molar-refractivity contribution in [3.63, 3.8) is 0 Å². The molecule has 0 radical (unpaired) electrons. The van der Waals surface area contributed by atoms with Crippen LogP contribution in [0.25, 0.3) is 0 Å². The molecule has 0 bridgehead atoms. The minimum Gasteiger partial charge on any atom is -0.386 e. The third-order valence-electron chi connectivity index (χ3n) is 7.95. The van der Waals surface area contributed by atoms with Gasteiger partial charge in [0, 0.05) is 19.3 Å². The molecule has 0 aliphatic rings. The van der Waals surface area contributed by atoms with E-state index in [1.807, 2.05) is 6.92 Å². The summed E-state index contributed by atoms with van der Waals surface area (Å²) in [4.78, 5) is 38.8. The molecule has 2 unspecified atom stereocenters. The van der Waals surface area contributed by atoms with E-state index in [1.165, 1.54) is 64.2 Å². The van der Waals surface area contributed by atoms with Crippen molar-refractivity contribution in [2.75, 3.05) is 0 Å². The molecular weight excluding hydrogens is 492 g/mol. The summed E-state index contributed by atoms with van der Waals surface area (Å²) in [6.07, 6.45) is 17.1. The fourth-order valence-corrected chi connectivity index (χ4v) is 5.16. The second kappa shape index (κ2) is 24.7. The molecule has 0 aliphatic heterocycles. The Hall–Kier alpha value is -1.11.